The van der Waals surface area contributed by atoms with E-state index in [1.807, 2.05) is 46.7 Å². The molecule has 0 unspecified atom stereocenters. The fourth-order valence-corrected chi connectivity index (χ4v) is 5.21. The highest BCUT2D eigenvalue weighted by Crippen LogP contribution is 2.28. The summed E-state index contributed by atoms with van der Waals surface area (Å²) in [5, 5.41) is 3.16. The van der Waals surface area contributed by atoms with Gasteiger partial charge in [0.25, 0.3) is 0 Å². The zero-order valence-electron chi connectivity index (χ0n) is 15.4. The molecule has 1 amide bonds. The van der Waals surface area contributed by atoms with Crippen LogP contribution in [0.4, 0.5) is 0 Å². The first-order chi connectivity index (χ1) is 13.7. The molecule has 6 heteroatoms. The highest BCUT2D eigenvalue weighted by molar-refractivity contribution is 8.00. The summed E-state index contributed by atoms with van der Waals surface area (Å²) in [6, 6.07) is 15.4. The van der Waals surface area contributed by atoms with Crippen LogP contribution in [0.5, 0.6) is 0 Å². The number of fused-ring (bicyclic) bond motifs is 1. The van der Waals surface area contributed by atoms with Gasteiger partial charge in [0.2, 0.25) is 5.91 Å². The molecule has 28 heavy (non-hydrogen) atoms. The number of thioether (sulfide) groups is 1. The summed E-state index contributed by atoms with van der Waals surface area (Å²) in [5.74, 6) is 0.127. The second-order valence-corrected chi connectivity index (χ2v) is 8.63. The number of rotatable bonds is 6. The van der Waals surface area contributed by atoms with Crippen LogP contribution in [0.2, 0.25) is 0 Å². The molecular formula is C22H21NO3S2. The quantitative estimate of drug-likeness (QED) is 0.424. The van der Waals surface area contributed by atoms with Crippen molar-refractivity contribution < 1.29 is 14.3 Å². The van der Waals surface area contributed by atoms with Crippen LogP contribution in [0.1, 0.15) is 28.8 Å². The van der Waals surface area contributed by atoms with Gasteiger partial charge in [0.1, 0.15) is 6.61 Å². The van der Waals surface area contributed by atoms with Crippen molar-refractivity contribution >= 4 is 45.1 Å². The van der Waals surface area contributed by atoms with Crippen LogP contribution in [-0.4, -0.2) is 35.6 Å². The largest absolute Gasteiger partial charge is 0.457 e. The fourth-order valence-electron chi connectivity index (χ4n) is 3.32. The van der Waals surface area contributed by atoms with E-state index in [0.717, 1.165) is 41.8 Å². The van der Waals surface area contributed by atoms with Gasteiger partial charge in [-0.1, -0.05) is 30.3 Å². The Morgan fingerprint density at radius 3 is 2.64 bits per heavy atom. The summed E-state index contributed by atoms with van der Waals surface area (Å²) in [7, 11) is 0. The Balaban J connectivity index is 1.40. The van der Waals surface area contributed by atoms with Gasteiger partial charge in [-0.3, -0.25) is 4.79 Å². The van der Waals surface area contributed by atoms with Crippen molar-refractivity contribution in [2.24, 2.45) is 0 Å². The van der Waals surface area contributed by atoms with E-state index in [-0.39, 0.29) is 18.5 Å². The number of hydrogen-bond donors (Lipinski definition) is 0. The maximum Gasteiger partial charge on any atom is 0.339 e. The highest BCUT2D eigenvalue weighted by atomic mass is 32.2. The molecule has 2 heterocycles. The molecule has 2 aromatic carbocycles. The molecule has 1 aliphatic rings. The number of carbonyl (C=O) groups excluding carboxylic acids is 2. The van der Waals surface area contributed by atoms with Gasteiger partial charge < -0.3 is 9.64 Å². The summed E-state index contributed by atoms with van der Waals surface area (Å²) in [6.45, 7) is 1.93. The van der Waals surface area contributed by atoms with E-state index >= 15 is 0 Å². The van der Waals surface area contributed by atoms with Crippen LogP contribution >= 0.6 is 23.1 Å². The second kappa shape index (κ2) is 8.80. The Labute approximate surface area is 172 Å². The Morgan fingerprint density at radius 2 is 1.79 bits per heavy atom. The van der Waals surface area contributed by atoms with Crippen LogP contribution in [0, 0.1) is 0 Å². The lowest BCUT2D eigenvalue weighted by Gasteiger charge is -2.15. The number of benzene rings is 2. The number of hydrogen-bond acceptors (Lipinski definition) is 5. The first-order valence-electron chi connectivity index (χ1n) is 9.34. The maximum atomic E-state index is 12.7. The molecule has 4 rings (SSSR count). The van der Waals surface area contributed by atoms with Gasteiger partial charge in [0.05, 0.1) is 11.3 Å². The van der Waals surface area contributed by atoms with Crippen molar-refractivity contribution in [1.29, 1.82) is 0 Å². The average molecular weight is 412 g/mol. The lowest BCUT2D eigenvalue weighted by molar-refractivity contribution is -0.127. The van der Waals surface area contributed by atoms with Gasteiger partial charge in [0.15, 0.2) is 0 Å². The monoisotopic (exact) mass is 411 g/mol. The molecule has 0 N–H and O–H groups in total. The second-order valence-electron chi connectivity index (χ2n) is 6.71. The van der Waals surface area contributed by atoms with E-state index in [1.54, 1.807) is 17.4 Å². The first kappa shape index (κ1) is 19.0. The first-order valence-corrected chi connectivity index (χ1v) is 11.2. The highest BCUT2D eigenvalue weighted by Gasteiger charge is 2.20. The zero-order chi connectivity index (χ0) is 19.3. The molecule has 0 bridgehead atoms. The number of nitrogens with zero attached hydrogens (tertiary/aromatic N) is 1. The molecule has 0 spiro atoms. The molecule has 1 aliphatic heterocycles. The van der Waals surface area contributed by atoms with E-state index in [9.17, 15) is 9.59 Å². The zero-order valence-corrected chi connectivity index (χ0v) is 17.1. The van der Waals surface area contributed by atoms with Crippen molar-refractivity contribution in [1.82, 2.24) is 4.90 Å². The maximum absolute atomic E-state index is 12.7. The van der Waals surface area contributed by atoms with E-state index in [4.69, 9.17) is 4.74 Å². The minimum atomic E-state index is -0.355. The van der Waals surface area contributed by atoms with Gasteiger partial charge in [-0.25, -0.2) is 4.79 Å². The number of carbonyl (C=O) groups is 2. The average Bonchev–Trinajstić information content (AvgIpc) is 3.41. The third-order valence-electron chi connectivity index (χ3n) is 4.84. The molecular weight excluding hydrogens is 390 g/mol. The number of ether oxygens (including phenoxy) is 1. The molecule has 0 saturated carbocycles. The summed E-state index contributed by atoms with van der Waals surface area (Å²) in [6.07, 6.45) is 2.16. The molecule has 0 radical (unpaired) electrons. The number of esters is 1. The van der Waals surface area contributed by atoms with Gasteiger partial charge in [-0.05, 0) is 41.8 Å². The molecule has 3 aromatic rings. The Kier molecular flexibility index (Phi) is 5.98. The van der Waals surface area contributed by atoms with Gasteiger partial charge in [0, 0.05) is 28.2 Å². The molecule has 1 aromatic heterocycles. The Bertz CT molecular complexity index is 992. The van der Waals surface area contributed by atoms with Crippen molar-refractivity contribution in [3.8, 4) is 0 Å². The normalized spacial score (nSPS) is 13.8. The van der Waals surface area contributed by atoms with Crippen molar-refractivity contribution in [3.05, 3.63) is 65.0 Å². The standard InChI is InChI=1S/C22H21NO3S2/c24-21(23-11-5-6-12-23)15-28-20-10-4-2-8-18(20)22(25)26-13-16-14-27-19-9-3-1-7-17(16)19/h1-4,7-10,14H,5-6,11-13,15H2. The molecule has 0 aliphatic carbocycles. The lowest BCUT2D eigenvalue weighted by atomic mass is 10.2. The third kappa shape index (κ3) is 4.23. The SMILES string of the molecule is O=C(OCc1csc2ccccc12)c1ccccc1SCC(=O)N1CCCC1. The topological polar surface area (TPSA) is 46.6 Å². The summed E-state index contributed by atoms with van der Waals surface area (Å²) < 4.78 is 6.77. The fraction of sp³-hybridized carbons (Fsp3) is 0.273. The molecule has 4 nitrogen and oxygen atoms in total. The van der Waals surface area contributed by atoms with E-state index in [0.29, 0.717) is 11.3 Å². The van der Waals surface area contributed by atoms with Crippen molar-refractivity contribution in [2.45, 2.75) is 24.3 Å². The molecule has 1 fully saturated rings. The van der Waals surface area contributed by atoms with Gasteiger partial charge in [-0.15, -0.1) is 23.1 Å². The molecule has 1 saturated heterocycles. The van der Waals surface area contributed by atoms with E-state index in [2.05, 4.69) is 6.07 Å². The van der Waals surface area contributed by atoms with E-state index < -0.39 is 0 Å². The summed E-state index contributed by atoms with van der Waals surface area (Å²) in [5.41, 5.74) is 1.53. The number of likely N-dealkylation sites (tertiary alicyclic amines) is 1. The summed E-state index contributed by atoms with van der Waals surface area (Å²) in [4.78, 5) is 27.7. The number of thiophene rings is 1. The lowest BCUT2D eigenvalue weighted by Crippen LogP contribution is -2.29. The van der Waals surface area contributed by atoms with E-state index in [1.165, 1.54) is 16.5 Å². The third-order valence-corrected chi connectivity index (χ3v) is 6.91. The van der Waals surface area contributed by atoms with Crippen molar-refractivity contribution in [2.75, 3.05) is 18.8 Å². The van der Waals surface area contributed by atoms with Crippen molar-refractivity contribution in [3.63, 3.8) is 0 Å². The predicted molar refractivity (Wildman–Crippen MR) is 114 cm³/mol. The van der Waals surface area contributed by atoms with Crippen LogP contribution in [0.3, 0.4) is 0 Å². The smallest absolute Gasteiger partial charge is 0.339 e. The van der Waals surface area contributed by atoms with Crippen LogP contribution in [0.15, 0.2) is 58.8 Å². The van der Waals surface area contributed by atoms with Crippen LogP contribution in [0.25, 0.3) is 10.1 Å². The minimum absolute atomic E-state index is 0.135. The Morgan fingerprint density at radius 1 is 1.04 bits per heavy atom. The van der Waals surface area contributed by atoms with Gasteiger partial charge >= 0.3 is 5.97 Å². The summed E-state index contributed by atoms with van der Waals surface area (Å²) >= 11 is 3.06. The van der Waals surface area contributed by atoms with Crippen LogP contribution in [-0.2, 0) is 16.1 Å². The molecule has 0 atom stereocenters. The minimum Gasteiger partial charge on any atom is -0.457 e. The van der Waals surface area contributed by atoms with Crippen LogP contribution < -0.4 is 0 Å². The molecule has 144 valence electrons. The van der Waals surface area contributed by atoms with Gasteiger partial charge in [-0.2, -0.15) is 0 Å². The number of amides is 1. The Hall–Kier alpha value is -2.31. The predicted octanol–water partition coefficient (Wildman–Crippen LogP) is 4.97.